The van der Waals surface area contributed by atoms with Crippen molar-refractivity contribution in [2.75, 3.05) is 25.5 Å². The first-order valence-corrected chi connectivity index (χ1v) is 8.63. The van der Waals surface area contributed by atoms with Crippen molar-refractivity contribution in [1.29, 1.82) is 0 Å². The molecular formula is C20H20N4O2. The smallest absolute Gasteiger partial charge is 0.261 e. The van der Waals surface area contributed by atoms with Crippen LogP contribution in [0.4, 0.5) is 5.69 Å². The van der Waals surface area contributed by atoms with E-state index in [2.05, 4.69) is 4.98 Å². The van der Waals surface area contributed by atoms with Gasteiger partial charge in [0.05, 0.1) is 6.33 Å². The van der Waals surface area contributed by atoms with Crippen molar-refractivity contribution in [2.45, 2.75) is 13.0 Å². The fraction of sp³-hybridized carbons (Fsp3) is 0.250. The first-order chi connectivity index (χ1) is 12.6. The highest BCUT2D eigenvalue weighted by Crippen LogP contribution is 2.35. The summed E-state index contributed by atoms with van der Waals surface area (Å²) < 4.78 is 1.94. The third-order valence-electron chi connectivity index (χ3n) is 4.81. The Hall–Kier alpha value is -3.15. The molecule has 0 unspecified atom stereocenters. The molecule has 0 N–H and O–H groups in total. The van der Waals surface area contributed by atoms with E-state index in [4.69, 9.17) is 0 Å². The minimum atomic E-state index is -0.213. The highest BCUT2D eigenvalue weighted by Gasteiger charge is 2.32. The largest absolute Gasteiger partial charge is 0.377 e. The molecule has 0 radical (unpaired) electrons. The second-order valence-electron chi connectivity index (χ2n) is 6.67. The lowest BCUT2D eigenvalue weighted by Crippen LogP contribution is -2.41. The summed E-state index contributed by atoms with van der Waals surface area (Å²) in [5.41, 5.74) is 2.20. The summed E-state index contributed by atoms with van der Waals surface area (Å²) in [6.45, 7) is 1.11. The molecule has 132 valence electrons. The number of carbonyl (C=O) groups is 2. The zero-order valence-corrected chi connectivity index (χ0v) is 14.8. The molecule has 0 aliphatic carbocycles. The summed E-state index contributed by atoms with van der Waals surface area (Å²) in [4.78, 5) is 33.3. The number of rotatable bonds is 5. The van der Waals surface area contributed by atoms with Crippen molar-refractivity contribution in [3.63, 3.8) is 0 Å². The topological polar surface area (TPSA) is 58.4 Å². The van der Waals surface area contributed by atoms with Crippen LogP contribution in [0.3, 0.4) is 0 Å². The number of hydrogen-bond acceptors (Lipinski definition) is 4. The number of hydrogen-bond donors (Lipinski definition) is 0. The van der Waals surface area contributed by atoms with E-state index in [1.54, 1.807) is 12.5 Å². The molecule has 26 heavy (non-hydrogen) atoms. The molecule has 1 aliphatic rings. The Morgan fingerprint density at radius 3 is 2.46 bits per heavy atom. The van der Waals surface area contributed by atoms with Gasteiger partial charge in [-0.1, -0.05) is 12.1 Å². The first kappa shape index (κ1) is 16.3. The van der Waals surface area contributed by atoms with E-state index in [0.717, 1.165) is 16.5 Å². The van der Waals surface area contributed by atoms with Crippen molar-refractivity contribution in [3.8, 4) is 0 Å². The molecule has 2 aromatic carbocycles. The fourth-order valence-electron chi connectivity index (χ4n) is 3.55. The molecule has 6 heteroatoms. The van der Waals surface area contributed by atoms with Crippen molar-refractivity contribution >= 4 is 28.3 Å². The number of aromatic nitrogens is 2. The third-order valence-corrected chi connectivity index (χ3v) is 4.81. The number of amides is 2. The molecule has 0 saturated heterocycles. The van der Waals surface area contributed by atoms with E-state index in [1.807, 2.05) is 60.1 Å². The Morgan fingerprint density at radius 1 is 1.00 bits per heavy atom. The van der Waals surface area contributed by atoms with Gasteiger partial charge in [0.1, 0.15) is 0 Å². The van der Waals surface area contributed by atoms with Crippen LogP contribution in [0.2, 0.25) is 0 Å². The summed E-state index contributed by atoms with van der Waals surface area (Å²) in [6, 6.07) is 9.43. The van der Waals surface area contributed by atoms with Gasteiger partial charge < -0.3 is 9.47 Å². The zero-order chi connectivity index (χ0) is 18.3. The van der Waals surface area contributed by atoms with Gasteiger partial charge in [-0.25, -0.2) is 4.98 Å². The predicted molar refractivity (Wildman–Crippen MR) is 100 cm³/mol. The fourth-order valence-corrected chi connectivity index (χ4v) is 3.55. The third kappa shape index (κ3) is 2.54. The molecule has 2 heterocycles. The van der Waals surface area contributed by atoms with Crippen LogP contribution in [-0.4, -0.2) is 46.9 Å². The van der Waals surface area contributed by atoms with Crippen LogP contribution < -0.4 is 4.90 Å². The standard InChI is InChI=1S/C20H20N4O2/c1-22(2)17-8-7-16-18-14(17)5-3-6-15(18)19(25)24(20(16)26)11-4-10-23-12-9-21-13-23/h3,5-9,12-13H,4,10-11H2,1-2H3. The summed E-state index contributed by atoms with van der Waals surface area (Å²) in [6.07, 6.45) is 6.02. The van der Waals surface area contributed by atoms with Crippen LogP contribution in [-0.2, 0) is 6.54 Å². The second-order valence-corrected chi connectivity index (χ2v) is 6.67. The Balaban J connectivity index is 1.68. The lowest BCUT2D eigenvalue weighted by Gasteiger charge is -2.28. The average Bonchev–Trinajstić information content (AvgIpc) is 3.15. The second kappa shape index (κ2) is 6.29. The first-order valence-electron chi connectivity index (χ1n) is 8.63. The van der Waals surface area contributed by atoms with Gasteiger partial charge in [0, 0.05) is 67.2 Å². The molecule has 1 aliphatic heterocycles. The van der Waals surface area contributed by atoms with Crippen molar-refractivity contribution in [2.24, 2.45) is 0 Å². The average molecular weight is 348 g/mol. The Kier molecular flexibility index (Phi) is 3.95. The van der Waals surface area contributed by atoms with E-state index < -0.39 is 0 Å². The zero-order valence-electron chi connectivity index (χ0n) is 14.8. The van der Waals surface area contributed by atoms with Crippen LogP contribution in [0.5, 0.6) is 0 Å². The van der Waals surface area contributed by atoms with E-state index >= 15 is 0 Å². The van der Waals surface area contributed by atoms with E-state index in [9.17, 15) is 9.59 Å². The molecule has 0 fully saturated rings. The molecule has 6 nitrogen and oxygen atoms in total. The normalized spacial score (nSPS) is 13.5. The minimum Gasteiger partial charge on any atom is -0.377 e. The minimum absolute atomic E-state index is 0.213. The highest BCUT2D eigenvalue weighted by molar-refractivity contribution is 6.26. The van der Waals surface area contributed by atoms with Crippen LogP contribution in [0.1, 0.15) is 27.1 Å². The number of imidazole rings is 1. The maximum Gasteiger partial charge on any atom is 0.261 e. The lowest BCUT2D eigenvalue weighted by molar-refractivity contribution is 0.0607. The summed E-state index contributed by atoms with van der Waals surface area (Å²) >= 11 is 0. The van der Waals surface area contributed by atoms with Gasteiger partial charge in [0.25, 0.3) is 11.8 Å². The van der Waals surface area contributed by atoms with Crippen molar-refractivity contribution < 1.29 is 9.59 Å². The number of benzene rings is 2. The summed E-state index contributed by atoms with van der Waals surface area (Å²) in [5.74, 6) is -0.427. The van der Waals surface area contributed by atoms with Gasteiger partial charge in [-0.3, -0.25) is 14.5 Å². The predicted octanol–water partition coefficient (Wildman–Crippen LogP) is 2.79. The maximum absolute atomic E-state index is 13.0. The van der Waals surface area contributed by atoms with E-state index in [-0.39, 0.29) is 11.8 Å². The van der Waals surface area contributed by atoms with Crippen molar-refractivity contribution in [1.82, 2.24) is 14.5 Å². The van der Waals surface area contributed by atoms with E-state index in [1.165, 1.54) is 4.90 Å². The number of imide groups is 1. The molecule has 1 aromatic heterocycles. The quantitative estimate of drug-likeness (QED) is 0.665. The van der Waals surface area contributed by atoms with Gasteiger partial charge >= 0.3 is 0 Å². The molecule has 0 bridgehead atoms. The molecule has 0 saturated carbocycles. The molecule has 0 atom stereocenters. The Bertz CT molecular complexity index is 970. The van der Waals surface area contributed by atoms with Crippen molar-refractivity contribution in [3.05, 3.63) is 60.2 Å². The van der Waals surface area contributed by atoms with Gasteiger partial charge in [-0.05, 0) is 24.6 Å². The highest BCUT2D eigenvalue weighted by atomic mass is 16.2. The molecule has 4 rings (SSSR count). The lowest BCUT2D eigenvalue weighted by atomic mass is 9.92. The van der Waals surface area contributed by atoms with Crippen LogP contribution in [0.15, 0.2) is 49.1 Å². The molecule has 3 aromatic rings. The number of nitrogens with zero attached hydrogens (tertiary/aromatic N) is 4. The summed E-state index contributed by atoms with van der Waals surface area (Å²) in [7, 11) is 3.91. The number of carbonyl (C=O) groups excluding carboxylic acids is 2. The molecule has 2 amide bonds. The van der Waals surface area contributed by atoms with Gasteiger partial charge in [0.2, 0.25) is 0 Å². The summed E-state index contributed by atoms with van der Waals surface area (Å²) in [5, 5.41) is 1.70. The van der Waals surface area contributed by atoms with E-state index in [0.29, 0.717) is 30.6 Å². The Labute approximate surface area is 151 Å². The monoisotopic (exact) mass is 348 g/mol. The molecular weight excluding hydrogens is 328 g/mol. The van der Waals surface area contributed by atoms with Gasteiger partial charge in [0.15, 0.2) is 0 Å². The van der Waals surface area contributed by atoms with Gasteiger partial charge in [-0.2, -0.15) is 0 Å². The maximum atomic E-state index is 13.0. The number of anilines is 1. The van der Waals surface area contributed by atoms with Crippen LogP contribution >= 0.6 is 0 Å². The molecule has 0 spiro atoms. The SMILES string of the molecule is CN(C)c1ccc2c3c(cccc13)C(=O)N(CCCn1ccnc1)C2=O. The van der Waals surface area contributed by atoms with Crippen LogP contribution in [0, 0.1) is 0 Å². The Morgan fingerprint density at radius 2 is 1.77 bits per heavy atom. The number of aryl methyl sites for hydroxylation is 1. The van der Waals surface area contributed by atoms with Crippen LogP contribution in [0.25, 0.3) is 10.8 Å². The van der Waals surface area contributed by atoms with Gasteiger partial charge in [-0.15, -0.1) is 0 Å².